The molecule has 0 radical (unpaired) electrons. The Hall–Kier alpha value is -1.06. The van der Waals surface area contributed by atoms with E-state index in [-0.39, 0.29) is 17.9 Å². The molecular formula is C13H21NO3. The first-order valence-electron chi connectivity index (χ1n) is 6.53. The number of carboxylic acid groups (broad SMARTS) is 1. The first kappa shape index (κ1) is 12.4. The molecule has 1 heterocycles. The van der Waals surface area contributed by atoms with Crippen LogP contribution >= 0.6 is 0 Å². The van der Waals surface area contributed by atoms with Gasteiger partial charge < -0.3 is 10.0 Å². The summed E-state index contributed by atoms with van der Waals surface area (Å²) in [5.74, 6) is -0.491. The molecule has 1 N–H and O–H groups in total. The highest BCUT2D eigenvalue weighted by atomic mass is 16.4. The standard InChI is InChI=1S/C13H21NO3/c1-8-6-11(15)14(7-10-4-3-5-10)9(2)12(8)13(16)17/h8-10,12H,3-7H2,1-2H3,(H,16,17). The van der Waals surface area contributed by atoms with Crippen molar-refractivity contribution in [1.29, 1.82) is 0 Å². The van der Waals surface area contributed by atoms with E-state index in [1.54, 1.807) is 0 Å². The van der Waals surface area contributed by atoms with Gasteiger partial charge in [0.1, 0.15) is 0 Å². The summed E-state index contributed by atoms with van der Waals surface area (Å²) in [5, 5.41) is 9.25. The predicted octanol–water partition coefficient (Wildman–Crippen LogP) is 1.74. The van der Waals surface area contributed by atoms with Gasteiger partial charge in [-0.2, -0.15) is 0 Å². The Balaban J connectivity index is 2.07. The first-order valence-corrected chi connectivity index (χ1v) is 6.53. The lowest BCUT2D eigenvalue weighted by molar-refractivity contribution is -0.155. The number of carbonyl (C=O) groups excluding carboxylic acids is 1. The zero-order valence-corrected chi connectivity index (χ0v) is 10.6. The van der Waals surface area contributed by atoms with Crippen molar-refractivity contribution in [1.82, 2.24) is 4.90 Å². The van der Waals surface area contributed by atoms with Gasteiger partial charge in [-0.15, -0.1) is 0 Å². The highest BCUT2D eigenvalue weighted by molar-refractivity contribution is 5.81. The van der Waals surface area contributed by atoms with Gasteiger partial charge in [0, 0.05) is 19.0 Å². The van der Waals surface area contributed by atoms with Crippen molar-refractivity contribution < 1.29 is 14.7 Å². The summed E-state index contributed by atoms with van der Waals surface area (Å²) < 4.78 is 0. The van der Waals surface area contributed by atoms with E-state index in [4.69, 9.17) is 0 Å². The molecule has 1 saturated carbocycles. The molecule has 1 aliphatic carbocycles. The van der Waals surface area contributed by atoms with E-state index in [1.165, 1.54) is 19.3 Å². The molecule has 1 amide bonds. The van der Waals surface area contributed by atoms with Crippen molar-refractivity contribution in [2.45, 2.75) is 45.6 Å². The second-order valence-electron chi connectivity index (χ2n) is 5.63. The van der Waals surface area contributed by atoms with Gasteiger partial charge in [-0.3, -0.25) is 9.59 Å². The summed E-state index contributed by atoms with van der Waals surface area (Å²) in [6, 6.07) is -0.163. The molecule has 0 aromatic heterocycles. The number of carboxylic acids is 1. The molecule has 2 aliphatic rings. The van der Waals surface area contributed by atoms with Gasteiger partial charge in [0.15, 0.2) is 0 Å². The molecule has 1 saturated heterocycles. The average molecular weight is 239 g/mol. The van der Waals surface area contributed by atoms with Crippen LogP contribution < -0.4 is 0 Å². The summed E-state index contributed by atoms with van der Waals surface area (Å²) in [5.41, 5.74) is 0. The molecule has 0 bridgehead atoms. The lowest BCUT2D eigenvalue weighted by Gasteiger charge is -2.43. The summed E-state index contributed by atoms with van der Waals surface area (Å²) in [4.78, 5) is 25.1. The molecule has 0 spiro atoms. The van der Waals surface area contributed by atoms with Crippen molar-refractivity contribution >= 4 is 11.9 Å². The lowest BCUT2D eigenvalue weighted by Crippen LogP contribution is -2.54. The Morgan fingerprint density at radius 3 is 2.53 bits per heavy atom. The molecule has 0 aromatic carbocycles. The van der Waals surface area contributed by atoms with Gasteiger partial charge in [0.25, 0.3) is 0 Å². The minimum Gasteiger partial charge on any atom is -0.481 e. The van der Waals surface area contributed by atoms with Crippen LogP contribution in [0.1, 0.15) is 39.5 Å². The Labute approximate surface area is 102 Å². The highest BCUT2D eigenvalue weighted by Gasteiger charge is 2.42. The third kappa shape index (κ3) is 2.31. The fourth-order valence-corrected chi connectivity index (χ4v) is 3.09. The van der Waals surface area contributed by atoms with Crippen LogP contribution in [0.2, 0.25) is 0 Å². The third-order valence-electron chi connectivity index (χ3n) is 4.41. The number of likely N-dealkylation sites (tertiary alicyclic amines) is 1. The largest absolute Gasteiger partial charge is 0.481 e. The molecule has 3 atom stereocenters. The Morgan fingerprint density at radius 2 is 2.06 bits per heavy atom. The number of hydrogen-bond acceptors (Lipinski definition) is 2. The molecule has 1 aliphatic heterocycles. The lowest BCUT2D eigenvalue weighted by atomic mass is 9.79. The Morgan fingerprint density at radius 1 is 1.41 bits per heavy atom. The Bertz CT molecular complexity index is 325. The topological polar surface area (TPSA) is 57.6 Å². The summed E-state index contributed by atoms with van der Waals surface area (Å²) in [6.45, 7) is 4.51. The highest BCUT2D eigenvalue weighted by Crippen LogP contribution is 2.34. The van der Waals surface area contributed by atoms with E-state index in [0.717, 1.165) is 6.54 Å². The number of aliphatic carboxylic acids is 1. The smallest absolute Gasteiger partial charge is 0.308 e. The van der Waals surface area contributed by atoms with Crippen molar-refractivity contribution in [2.24, 2.45) is 17.8 Å². The van der Waals surface area contributed by atoms with Crippen LogP contribution in [0.15, 0.2) is 0 Å². The van der Waals surface area contributed by atoms with Gasteiger partial charge >= 0.3 is 5.97 Å². The van der Waals surface area contributed by atoms with Crippen LogP contribution in [0, 0.1) is 17.8 Å². The molecule has 17 heavy (non-hydrogen) atoms. The maximum Gasteiger partial charge on any atom is 0.308 e. The quantitative estimate of drug-likeness (QED) is 0.816. The van der Waals surface area contributed by atoms with Crippen LogP contribution in [0.5, 0.6) is 0 Å². The molecule has 0 aromatic rings. The van der Waals surface area contributed by atoms with Crippen molar-refractivity contribution in [3.8, 4) is 0 Å². The first-order chi connectivity index (χ1) is 8.00. The molecule has 96 valence electrons. The second kappa shape index (κ2) is 4.67. The minimum absolute atomic E-state index is 0.0485. The normalized spacial score (nSPS) is 34.6. The molecule has 2 rings (SSSR count). The van der Waals surface area contributed by atoms with Crippen LogP contribution in [-0.4, -0.2) is 34.5 Å². The number of nitrogens with zero attached hydrogens (tertiary/aromatic N) is 1. The zero-order valence-electron chi connectivity index (χ0n) is 10.6. The minimum atomic E-state index is -0.767. The van der Waals surface area contributed by atoms with Gasteiger partial charge in [-0.05, 0) is 31.6 Å². The third-order valence-corrected chi connectivity index (χ3v) is 4.41. The van der Waals surface area contributed by atoms with Gasteiger partial charge in [-0.25, -0.2) is 0 Å². The monoisotopic (exact) mass is 239 g/mol. The number of rotatable bonds is 3. The van der Waals surface area contributed by atoms with Crippen LogP contribution in [0.25, 0.3) is 0 Å². The number of hydrogen-bond donors (Lipinski definition) is 1. The maximum absolute atomic E-state index is 12.0. The summed E-state index contributed by atoms with van der Waals surface area (Å²) >= 11 is 0. The van der Waals surface area contributed by atoms with Crippen molar-refractivity contribution in [3.63, 3.8) is 0 Å². The van der Waals surface area contributed by atoms with E-state index in [2.05, 4.69) is 0 Å². The molecular weight excluding hydrogens is 218 g/mol. The molecule has 4 nitrogen and oxygen atoms in total. The van der Waals surface area contributed by atoms with Gasteiger partial charge in [0.05, 0.1) is 5.92 Å². The van der Waals surface area contributed by atoms with Gasteiger partial charge in [-0.1, -0.05) is 13.3 Å². The van der Waals surface area contributed by atoms with Crippen LogP contribution in [0.4, 0.5) is 0 Å². The molecule has 4 heteroatoms. The summed E-state index contributed by atoms with van der Waals surface area (Å²) in [6.07, 6.45) is 4.00. The van der Waals surface area contributed by atoms with E-state index in [0.29, 0.717) is 12.3 Å². The van der Waals surface area contributed by atoms with Crippen LogP contribution in [0.3, 0.4) is 0 Å². The maximum atomic E-state index is 12.0. The van der Waals surface area contributed by atoms with E-state index < -0.39 is 11.9 Å². The van der Waals surface area contributed by atoms with Crippen molar-refractivity contribution in [3.05, 3.63) is 0 Å². The van der Waals surface area contributed by atoms with E-state index >= 15 is 0 Å². The molecule has 2 fully saturated rings. The summed E-state index contributed by atoms with van der Waals surface area (Å²) in [7, 11) is 0. The number of carbonyl (C=O) groups is 2. The molecule has 3 unspecified atom stereocenters. The fraction of sp³-hybridized carbons (Fsp3) is 0.846. The Kier molecular flexibility index (Phi) is 3.40. The SMILES string of the molecule is CC1CC(=O)N(CC2CCC2)C(C)C1C(=O)O. The van der Waals surface area contributed by atoms with E-state index in [9.17, 15) is 14.7 Å². The second-order valence-corrected chi connectivity index (χ2v) is 5.63. The van der Waals surface area contributed by atoms with Gasteiger partial charge in [0.2, 0.25) is 5.91 Å². The van der Waals surface area contributed by atoms with Crippen molar-refractivity contribution in [2.75, 3.05) is 6.54 Å². The predicted molar refractivity (Wildman–Crippen MR) is 63.4 cm³/mol. The average Bonchev–Trinajstić information content (AvgIpc) is 2.12. The van der Waals surface area contributed by atoms with Crippen LogP contribution in [-0.2, 0) is 9.59 Å². The van der Waals surface area contributed by atoms with E-state index in [1.807, 2.05) is 18.7 Å². The number of piperidine rings is 1. The fourth-order valence-electron chi connectivity index (χ4n) is 3.09. The number of amides is 1. The zero-order chi connectivity index (χ0) is 12.6.